The number of aromatic nitrogens is 2. The van der Waals surface area contributed by atoms with Crippen LogP contribution in [0.3, 0.4) is 0 Å². The zero-order valence-corrected chi connectivity index (χ0v) is 20.3. The molecule has 5 rings (SSSR count). The average molecular weight is 486 g/mol. The van der Waals surface area contributed by atoms with E-state index in [4.69, 9.17) is 20.2 Å². The Labute approximate surface area is 208 Å². The van der Waals surface area contributed by atoms with E-state index in [-0.39, 0.29) is 11.8 Å². The quantitative estimate of drug-likeness (QED) is 0.322. The predicted octanol–water partition coefficient (Wildman–Crippen LogP) is 5.83. The SMILES string of the molecule is COc1cc(-c2cncc(-c3cc(C(C(N)=O)C4CCC4)cs3)n2)ccc1OCc1ccccc1. The Kier molecular flexibility index (Phi) is 6.77. The first-order chi connectivity index (χ1) is 17.1. The van der Waals surface area contributed by atoms with Crippen LogP contribution in [0.25, 0.3) is 21.8 Å². The van der Waals surface area contributed by atoms with Gasteiger partial charge in [-0.3, -0.25) is 9.78 Å². The van der Waals surface area contributed by atoms with E-state index in [0.29, 0.717) is 24.0 Å². The van der Waals surface area contributed by atoms with Gasteiger partial charge < -0.3 is 15.2 Å². The molecule has 1 aliphatic rings. The number of primary amides is 1. The van der Waals surface area contributed by atoms with Crippen LogP contribution in [0.4, 0.5) is 0 Å². The highest BCUT2D eigenvalue weighted by molar-refractivity contribution is 7.13. The van der Waals surface area contributed by atoms with Gasteiger partial charge in [-0.05, 0) is 59.5 Å². The van der Waals surface area contributed by atoms with Crippen LogP contribution in [-0.4, -0.2) is 23.0 Å². The maximum Gasteiger partial charge on any atom is 0.225 e. The van der Waals surface area contributed by atoms with Crippen LogP contribution >= 0.6 is 11.3 Å². The number of methoxy groups -OCH3 is 1. The fourth-order valence-corrected chi connectivity index (χ4v) is 5.30. The highest BCUT2D eigenvalue weighted by Crippen LogP contribution is 2.42. The van der Waals surface area contributed by atoms with Gasteiger partial charge in [0.05, 0.1) is 41.7 Å². The molecule has 0 spiro atoms. The Morgan fingerprint density at radius 2 is 1.89 bits per heavy atom. The molecule has 6 nitrogen and oxygen atoms in total. The van der Waals surface area contributed by atoms with E-state index < -0.39 is 0 Å². The summed E-state index contributed by atoms with van der Waals surface area (Å²) in [5.74, 6) is 1.18. The maximum atomic E-state index is 12.1. The summed E-state index contributed by atoms with van der Waals surface area (Å²) in [6, 6.07) is 17.8. The first-order valence-corrected chi connectivity index (χ1v) is 12.6. The van der Waals surface area contributed by atoms with E-state index in [9.17, 15) is 4.79 Å². The van der Waals surface area contributed by atoms with Crippen LogP contribution in [0.1, 0.15) is 36.3 Å². The van der Waals surface area contributed by atoms with Gasteiger partial charge in [-0.2, -0.15) is 0 Å². The number of nitrogens with two attached hydrogens (primary N) is 1. The van der Waals surface area contributed by atoms with Gasteiger partial charge >= 0.3 is 0 Å². The molecule has 1 amide bonds. The van der Waals surface area contributed by atoms with Crippen molar-refractivity contribution in [2.75, 3.05) is 7.11 Å². The number of nitrogens with zero attached hydrogens (tertiary/aromatic N) is 2. The van der Waals surface area contributed by atoms with Gasteiger partial charge in [0.25, 0.3) is 0 Å². The normalized spacial score (nSPS) is 14.2. The standard InChI is InChI=1S/C28H27N3O3S/c1-33-25-12-20(10-11-24(25)34-16-18-6-3-2-4-7-18)22-14-30-15-23(31-22)26-13-21(17-35-26)27(28(29)32)19-8-5-9-19/h2-4,6-7,10-15,17,19,27H,5,8-9,16H2,1H3,(H2,29,32). The monoisotopic (exact) mass is 485 g/mol. The Morgan fingerprint density at radius 3 is 2.60 bits per heavy atom. The highest BCUT2D eigenvalue weighted by Gasteiger charge is 2.33. The van der Waals surface area contributed by atoms with Crippen molar-refractivity contribution in [3.05, 3.63) is 83.5 Å². The van der Waals surface area contributed by atoms with Crippen LogP contribution in [0.5, 0.6) is 11.5 Å². The second-order valence-electron chi connectivity index (χ2n) is 8.74. The molecular weight excluding hydrogens is 458 g/mol. The summed E-state index contributed by atoms with van der Waals surface area (Å²) in [4.78, 5) is 22.3. The molecule has 7 heteroatoms. The Hall–Kier alpha value is -3.71. The van der Waals surface area contributed by atoms with Gasteiger partial charge in [0, 0.05) is 5.56 Å². The fourth-order valence-electron chi connectivity index (χ4n) is 4.40. The van der Waals surface area contributed by atoms with E-state index in [1.165, 1.54) is 6.42 Å². The van der Waals surface area contributed by atoms with Gasteiger partial charge in [-0.15, -0.1) is 11.3 Å². The summed E-state index contributed by atoms with van der Waals surface area (Å²) in [7, 11) is 1.63. The van der Waals surface area contributed by atoms with Gasteiger partial charge in [0.15, 0.2) is 11.5 Å². The third kappa shape index (κ3) is 5.05. The van der Waals surface area contributed by atoms with E-state index in [1.54, 1.807) is 30.8 Å². The van der Waals surface area contributed by atoms with Crippen LogP contribution in [0.2, 0.25) is 0 Å². The molecule has 2 heterocycles. The number of hydrogen-bond acceptors (Lipinski definition) is 6. The second-order valence-corrected chi connectivity index (χ2v) is 9.66. The van der Waals surface area contributed by atoms with E-state index in [0.717, 1.165) is 45.8 Å². The zero-order valence-electron chi connectivity index (χ0n) is 19.5. The van der Waals surface area contributed by atoms with Gasteiger partial charge in [-0.1, -0.05) is 36.8 Å². The molecule has 1 fully saturated rings. The van der Waals surface area contributed by atoms with Crippen LogP contribution in [0.15, 0.2) is 72.4 Å². The molecule has 1 unspecified atom stereocenters. The Balaban J connectivity index is 1.37. The van der Waals surface area contributed by atoms with Crippen molar-refractivity contribution in [3.8, 4) is 33.3 Å². The molecule has 4 aromatic rings. The molecule has 0 saturated heterocycles. The third-order valence-electron chi connectivity index (χ3n) is 6.49. The molecule has 0 aliphatic heterocycles. The number of benzene rings is 2. The molecule has 1 atom stereocenters. The predicted molar refractivity (Wildman–Crippen MR) is 137 cm³/mol. The lowest BCUT2D eigenvalue weighted by atomic mass is 9.73. The molecule has 178 valence electrons. The molecule has 1 saturated carbocycles. The van der Waals surface area contributed by atoms with Crippen LogP contribution < -0.4 is 15.2 Å². The van der Waals surface area contributed by atoms with Gasteiger partial charge in [0.2, 0.25) is 5.91 Å². The smallest absolute Gasteiger partial charge is 0.225 e. The number of carbonyl (C=O) groups excluding carboxylic acids is 1. The molecule has 0 radical (unpaired) electrons. The van der Waals surface area contributed by atoms with Crippen molar-refractivity contribution in [2.24, 2.45) is 11.7 Å². The van der Waals surface area contributed by atoms with Crippen molar-refractivity contribution in [1.82, 2.24) is 9.97 Å². The summed E-state index contributed by atoms with van der Waals surface area (Å²) in [5, 5.41) is 2.03. The summed E-state index contributed by atoms with van der Waals surface area (Å²) in [6.07, 6.45) is 6.76. The van der Waals surface area contributed by atoms with Crippen molar-refractivity contribution in [3.63, 3.8) is 0 Å². The summed E-state index contributed by atoms with van der Waals surface area (Å²) < 4.78 is 11.6. The largest absolute Gasteiger partial charge is 0.493 e. The van der Waals surface area contributed by atoms with Crippen molar-refractivity contribution in [2.45, 2.75) is 31.8 Å². The van der Waals surface area contributed by atoms with Crippen LogP contribution in [-0.2, 0) is 11.4 Å². The number of hydrogen-bond donors (Lipinski definition) is 1. The Bertz CT molecular complexity index is 1320. The van der Waals surface area contributed by atoms with Crippen LogP contribution in [0, 0.1) is 5.92 Å². The topological polar surface area (TPSA) is 87.3 Å². The number of amides is 1. The zero-order chi connectivity index (χ0) is 24.2. The van der Waals surface area contributed by atoms with Crippen molar-refractivity contribution < 1.29 is 14.3 Å². The number of thiophene rings is 1. The van der Waals surface area contributed by atoms with Crippen molar-refractivity contribution in [1.29, 1.82) is 0 Å². The lowest BCUT2D eigenvalue weighted by molar-refractivity contribution is -0.121. The summed E-state index contributed by atoms with van der Waals surface area (Å²) >= 11 is 1.56. The second kappa shape index (κ2) is 10.3. The molecule has 0 bridgehead atoms. The van der Waals surface area contributed by atoms with E-state index in [2.05, 4.69) is 4.98 Å². The van der Waals surface area contributed by atoms with E-state index >= 15 is 0 Å². The minimum Gasteiger partial charge on any atom is -0.493 e. The third-order valence-corrected chi connectivity index (χ3v) is 7.46. The molecular formula is C28H27N3O3S. The average Bonchev–Trinajstić information content (AvgIpc) is 3.35. The molecule has 2 aromatic heterocycles. The molecule has 2 aromatic carbocycles. The first kappa shape index (κ1) is 23.1. The lowest BCUT2D eigenvalue weighted by Gasteiger charge is -2.31. The number of rotatable bonds is 9. The minimum atomic E-state index is -0.249. The van der Waals surface area contributed by atoms with Crippen molar-refractivity contribution >= 4 is 17.2 Å². The number of carbonyl (C=O) groups is 1. The van der Waals surface area contributed by atoms with Gasteiger partial charge in [-0.25, -0.2) is 4.98 Å². The fraction of sp³-hybridized carbons (Fsp3) is 0.250. The lowest BCUT2D eigenvalue weighted by Crippen LogP contribution is -2.31. The highest BCUT2D eigenvalue weighted by atomic mass is 32.1. The summed E-state index contributed by atoms with van der Waals surface area (Å²) in [6.45, 7) is 0.458. The first-order valence-electron chi connectivity index (χ1n) is 11.7. The Morgan fingerprint density at radius 1 is 1.09 bits per heavy atom. The molecule has 1 aliphatic carbocycles. The minimum absolute atomic E-state index is 0.224. The number of ether oxygens (including phenoxy) is 2. The van der Waals surface area contributed by atoms with Gasteiger partial charge in [0.1, 0.15) is 6.61 Å². The maximum absolute atomic E-state index is 12.1. The summed E-state index contributed by atoms with van der Waals surface area (Å²) in [5.41, 5.74) is 10.2. The molecule has 2 N–H and O–H groups in total. The van der Waals surface area contributed by atoms with E-state index in [1.807, 2.05) is 60.0 Å². The molecule has 35 heavy (non-hydrogen) atoms.